The highest BCUT2D eigenvalue weighted by Crippen LogP contribution is 2.31. The van der Waals surface area contributed by atoms with Gasteiger partial charge in [0.25, 0.3) is 5.91 Å². The zero-order valence-corrected chi connectivity index (χ0v) is 14.3. The fourth-order valence-corrected chi connectivity index (χ4v) is 4.06. The number of aliphatic imine (C=N–C) groups is 1. The lowest BCUT2D eigenvalue weighted by Crippen LogP contribution is -2.48. The Hall–Kier alpha value is -1.76. The molecule has 140 valence electrons. The molecule has 3 rings (SSSR count). The van der Waals surface area contributed by atoms with Crippen LogP contribution in [0, 0.1) is 5.92 Å². The van der Waals surface area contributed by atoms with Crippen molar-refractivity contribution in [3.63, 3.8) is 0 Å². The summed E-state index contributed by atoms with van der Waals surface area (Å²) in [7, 11) is -4.80. The molecule has 2 heterocycles. The van der Waals surface area contributed by atoms with Crippen LogP contribution >= 0.6 is 0 Å². The van der Waals surface area contributed by atoms with Gasteiger partial charge < -0.3 is 16.4 Å². The number of hydrogen-bond acceptors (Lipinski definition) is 6. The van der Waals surface area contributed by atoms with Gasteiger partial charge in [0, 0.05) is 18.5 Å². The Morgan fingerprint density at radius 3 is 2.60 bits per heavy atom. The lowest BCUT2D eigenvalue weighted by atomic mass is 10.00. The van der Waals surface area contributed by atoms with E-state index < -0.39 is 28.5 Å². The van der Waals surface area contributed by atoms with Gasteiger partial charge in [0.05, 0.1) is 12.1 Å². The van der Waals surface area contributed by atoms with Crippen molar-refractivity contribution in [3.8, 4) is 0 Å². The Morgan fingerprint density at radius 1 is 1.28 bits per heavy atom. The number of amides is 3. The summed E-state index contributed by atoms with van der Waals surface area (Å²) in [5.74, 6) is -0.574. The summed E-state index contributed by atoms with van der Waals surface area (Å²) in [6.45, 7) is 0.178. The molecule has 12 heteroatoms. The highest BCUT2D eigenvalue weighted by molar-refractivity contribution is 7.80. The van der Waals surface area contributed by atoms with Crippen molar-refractivity contribution >= 4 is 28.2 Å². The first-order valence-electron chi connectivity index (χ1n) is 8.06. The highest BCUT2D eigenvalue weighted by Gasteiger charge is 2.48. The number of hydroxylamine groups is 2. The Balaban J connectivity index is 1.71. The fourth-order valence-electron chi connectivity index (χ4n) is 3.67. The number of hydrogen-bond donors (Lipinski definition) is 3. The van der Waals surface area contributed by atoms with E-state index in [4.69, 9.17) is 16.0 Å². The number of carbonyl (C=O) groups is 2. The second-order valence-corrected chi connectivity index (χ2v) is 7.66. The maximum absolute atomic E-state index is 12.3. The summed E-state index contributed by atoms with van der Waals surface area (Å²) < 4.78 is 34.9. The molecule has 2 aliphatic heterocycles. The van der Waals surface area contributed by atoms with E-state index in [1.807, 2.05) is 0 Å². The standard InChI is InChI=1S/C13H21N5O6S/c14-8-2-1-7(5-8)12(19)16-11(15)10-4-3-9-6-17(10)13(20)18(9)24-25(21,22)23/h7-10H,1-6,14H2,(H2,15,16,19)(H,21,22,23). The van der Waals surface area contributed by atoms with Crippen LogP contribution in [0.4, 0.5) is 4.79 Å². The zero-order valence-electron chi connectivity index (χ0n) is 13.4. The van der Waals surface area contributed by atoms with Gasteiger partial charge in [-0.2, -0.15) is 18.5 Å². The topological polar surface area (TPSA) is 169 Å². The van der Waals surface area contributed by atoms with Crippen LogP contribution < -0.4 is 11.5 Å². The molecular weight excluding hydrogens is 354 g/mol. The van der Waals surface area contributed by atoms with E-state index in [9.17, 15) is 18.0 Å². The molecule has 4 atom stereocenters. The summed E-state index contributed by atoms with van der Waals surface area (Å²) in [6.07, 6.45) is 2.82. The second kappa shape index (κ2) is 6.52. The van der Waals surface area contributed by atoms with Gasteiger partial charge >= 0.3 is 16.4 Å². The number of rotatable bonds is 4. The maximum atomic E-state index is 12.3. The van der Waals surface area contributed by atoms with Crippen molar-refractivity contribution < 1.29 is 26.8 Å². The molecule has 2 saturated heterocycles. The first-order chi connectivity index (χ1) is 11.7. The molecule has 2 bridgehead atoms. The normalized spacial score (nSPS) is 33.2. The van der Waals surface area contributed by atoms with Gasteiger partial charge in [0.2, 0.25) is 0 Å². The maximum Gasteiger partial charge on any atom is 0.418 e. The summed E-state index contributed by atoms with van der Waals surface area (Å²) in [5.41, 5.74) is 11.7. The van der Waals surface area contributed by atoms with Gasteiger partial charge in [-0.05, 0) is 32.1 Å². The van der Waals surface area contributed by atoms with E-state index in [1.54, 1.807) is 0 Å². The molecule has 0 aromatic rings. The Kier molecular flexibility index (Phi) is 4.70. The number of urea groups is 1. The van der Waals surface area contributed by atoms with E-state index in [0.717, 1.165) is 6.42 Å². The summed E-state index contributed by atoms with van der Waals surface area (Å²) in [4.78, 5) is 29.8. The zero-order chi connectivity index (χ0) is 18.4. The van der Waals surface area contributed by atoms with E-state index in [0.29, 0.717) is 30.7 Å². The lowest BCUT2D eigenvalue weighted by Gasteiger charge is -2.29. The molecule has 25 heavy (non-hydrogen) atoms. The summed E-state index contributed by atoms with van der Waals surface area (Å²) in [6, 6.07) is -1.87. The van der Waals surface area contributed by atoms with Crippen molar-refractivity contribution in [2.75, 3.05) is 6.54 Å². The minimum absolute atomic E-state index is 0.00730. The molecule has 11 nitrogen and oxygen atoms in total. The van der Waals surface area contributed by atoms with Gasteiger partial charge in [0.15, 0.2) is 0 Å². The minimum atomic E-state index is -4.80. The van der Waals surface area contributed by atoms with Crippen LogP contribution in [0.2, 0.25) is 0 Å². The second-order valence-electron chi connectivity index (χ2n) is 6.65. The molecule has 3 amide bonds. The molecular formula is C13H21N5O6S. The van der Waals surface area contributed by atoms with E-state index in [1.165, 1.54) is 4.90 Å². The van der Waals surface area contributed by atoms with E-state index >= 15 is 0 Å². The monoisotopic (exact) mass is 375 g/mol. The van der Waals surface area contributed by atoms with Gasteiger partial charge in [0.1, 0.15) is 5.84 Å². The number of amidine groups is 1. The van der Waals surface area contributed by atoms with Crippen LogP contribution in [0.15, 0.2) is 4.99 Å². The molecule has 1 aliphatic carbocycles. The van der Waals surface area contributed by atoms with E-state index in [2.05, 4.69) is 9.28 Å². The summed E-state index contributed by atoms with van der Waals surface area (Å²) >= 11 is 0. The Labute approximate surface area is 144 Å². The predicted octanol–water partition coefficient (Wildman–Crippen LogP) is -0.999. The third-order valence-electron chi connectivity index (χ3n) is 4.90. The molecule has 0 spiro atoms. The molecule has 1 saturated carbocycles. The van der Waals surface area contributed by atoms with Crippen LogP contribution in [0.25, 0.3) is 0 Å². The molecule has 0 aromatic heterocycles. The van der Waals surface area contributed by atoms with Crippen LogP contribution in [0.1, 0.15) is 32.1 Å². The largest absolute Gasteiger partial charge is 0.418 e. The Morgan fingerprint density at radius 2 is 2.00 bits per heavy atom. The van der Waals surface area contributed by atoms with Crippen molar-refractivity contribution in [1.29, 1.82) is 0 Å². The van der Waals surface area contributed by atoms with Crippen molar-refractivity contribution in [3.05, 3.63) is 0 Å². The average molecular weight is 375 g/mol. The third-order valence-corrected chi connectivity index (χ3v) is 5.25. The smallest absolute Gasteiger partial charge is 0.385 e. The number of fused-ring (bicyclic) bond motifs is 2. The minimum Gasteiger partial charge on any atom is -0.385 e. The first-order valence-corrected chi connectivity index (χ1v) is 9.42. The van der Waals surface area contributed by atoms with Gasteiger partial charge in [-0.25, -0.2) is 4.79 Å². The van der Waals surface area contributed by atoms with Gasteiger partial charge in [-0.15, -0.1) is 4.28 Å². The van der Waals surface area contributed by atoms with Crippen LogP contribution in [-0.4, -0.2) is 65.4 Å². The highest BCUT2D eigenvalue weighted by atomic mass is 32.3. The lowest BCUT2D eigenvalue weighted by molar-refractivity contribution is -0.121. The van der Waals surface area contributed by atoms with Gasteiger partial charge in [-0.1, -0.05) is 0 Å². The van der Waals surface area contributed by atoms with Crippen LogP contribution in [0.3, 0.4) is 0 Å². The van der Waals surface area contributed by atoms with Crippen LogP contribution in [-0.2, 0) is 19.5 Å². The third kappa shape index (κ3) is 3.76. The first kappa shape index (κ1) is 18.0. The average Bonchev–Trinajstić information content (AvgIpc) is 3.05. The SMILES string of the molecule is NC(=NC(=O)C1CCC(N)C1)C1CCC2CN1C(=O)N2OS(=O)(=O)O. The number of nitrogens with two attached hydrogens (primary N) is 2. The Bertz CT molecular complexity index is 710. The molecule has 3 aliphatic rings. The molecule has 3 fully saturated rings. The van der Waals surface area contributed by atoms with Crippen molar-refractivity contribution in [1.82, 2.24) is 9.96 Å². The molecule has 0 aromatic carbocycles. The van der Waals surface area contributed by atoms with Crippen molar-refractivity contribution in [2.24, 2.45) is 22.4 Å². The molecule has 0 radical (unpaired) electrons. The summed E-state index contributed by atoms with van der Waals surface area (Å²) in [5, 5.41) is 0.625. The predicted molar refractivity (Wildman–Crippen MR) is 85.3 cm³/mol. The number of nitrogens with zero attached hydrogens (tertiary/aromatic N) is 3. The van der Waals surface area contributed by atoms with Crippen LogP contribution in [0.5, 0.6) is 0 Å². The fraction of sp³-hybridized carbons (Fsp3) is 0.769. The molecule has 4 unspecified atom stereocenters. The number of carbonyl (C=O) groups excluding carboxylic acids is 2. The molecule has 5 N–H and O–H groups in total. The number of piperidine rings is 1. The quantitative estimate of drug-likeness (QED) is 0.319. The van der Waals surface area contributed by atoms with Gasteiger partial charge in [-0.3, -0.25) is 9.35 Å². The van der Waals surface area contributed by atoms with Crippen molar-refractivity contribution in [2.45, 2.75) is 50.2 Å². The van der Waals surface area contributed by atoms with E-state index in [-0.39, 0.29) is 30.2 Å².